The predicted molar refractivity (Wildman–Crippen MR) is 80.3 cm³/mol. The molecule has 0 unspecified atom stereocenters. The van der Waals surface area contributed by atoms with Crippen LogP contribution in [0.15, 0.2) is 30.3 Å². The van der Waals surface area contributed by atoms with Crippen LogP contribution in [0.4, 0.5) is 0 Å². The minimum absolute atomic E-state index is 0.0733. The number of aryl methyl sites for hydroxylation is 4. The zero-order valence-corrected chi connectivity index (χ0v) is 12.4. The maximum absolute atomic E-state index is 12.7. The summed E-state index contributed by atoms with van der Waals surface area (Å²) in [6.45, 7) is 7.85. The number of carbonyl (C=O) groups excluding carboxylic acids is 1. The minimum atomic E-state index is 0.0733. The zero-order valence-electron chi connectivity index (χ0n) is 11.7. The molecule has 0 saturated heterocycles. The van der Waals surface area contributed by atoms with Crippen LogP contribution in [0.25, 0.3) is 0 Å². The van der Waals surface area contributed by atoms with Gasteiger partial charge < -0.3 is 0 Å². The number of carbonyl (C=O) groups is 1. The molecule has 0 atom stereocenters. The number of hydrogen-bond acceptors (Lipinski definition) is 1. The third-order valence-electron chi connectivity index (χ3n) is 3.35. The van der Waals surface area contributed by atoms with E-state index in [2.05, 4.69) is 0 Å². The molecule has 2 aromatic carbocycles. The van der Waals surface area contributed by atoms with Crippen molar-refractivity contribution in [2.24, 2.45) is 0 Å². The first kappa shape index (κ1) is 13.8. The van der Waals surface area contributed by atoms with Crippen LogP contribution in [-0.4, -0.2) is 5.78 Å². The molecule has 19 heavy (non-hydrogen) atoms. The Morgan fingerprint density at radius 3 is 2.00 bits per heavy atom. The molecule has 0 fully saturated rings. The smallest absolute Gasteiger partial charge is 0.193 e. The molecule has 2 heteroatoms. The standard InChI is InChI=1S/C17H17ClO/c1-10-5-6-15(11(2)7-10)17(19)16-12(3)8-14(18)9-13(16)4/h5-9H,1-4H3. The molecule has 0 aliphatic carbocycles. The van der Waals surface area contributed by atoms with E-state index >= 15 is 0 Å². The van der Waals surface area contributed by atoms with Crippen molar-refractivity contribution in [2.45, 2.75) is 27.7 Å². The Morgan fingerprint density at radius 2 is 1.47 bits per heavy atom. The molecule has 0 aliphatic rings. The number of benzene rings is 2. The monoisotopic (exact) mass is 272 g/mol. The maximum Gasteiger partial charge on any atom is 0.193 e. The highest BCUT2D eigenvalue weighted by Crippen LogP contribution is 2.24. The summed E-state index contributed by atoms with van der Waals surface area (Å²) in [7, 11) is 0. The highest BCUT2D eigenvalue weighted by atomic mass is 35.5. The summed E-state index contributed by atoms with van der Waals surface area (Å²) in [6, 6.07) is 9.59. The van der Waals surface area contributed by atoms with E-state index < -0.39 is 0 Å². The highest BCUT2D eigenvalue weighted by Gasteiger charge is 2.16. The minimum Gasteiger partial charge on any atom is -0.289 e. The molecular formula is C17H17ClO. The Hall–Kier alpha value is -1.60. The summed E-state index contributed by atoms with van der Waals surface area (Å²) in [6.07, 6.45) is 0. The van der Waals surface area contributed by atoms with Gasteiger partial charge in [-0.1, -0.05) is 35.4 Å². The van der Waals surface area contributed by atoms with Crippen LogP contribution in [-0.2, 0) is 0 Å². The maximum atomic E-state index is 12.7. The fourth-order valence-corrected chi connectivity index (χ4v) is 2.80. The summed E-state index contributed by atoms with van der Waals surface area (Å²) >= 11 is 6.01. The average molecular weight is 273 g/mol. The summed E-state index contributed by atoms with van der Waals surface area (Å²) in [4.78, 5) is 12.7. The van der Waals surface area contributed by atoms with Gasteiger partial charge in [-0.15, -0.1) is 0 Å². The Kier molecular flexibility index (Phi) is 3.77. The van der Waals surface area contributed by atoms with Crippen molar-refractivity contribution in [3.05, 3.63) is 68.7 Å². The fourth-order valence-electron chi connectivity index (χ4n) is 2.47. The summed E-state index contributed by atoms with van der Waals surface area (Å²) in [5, 5.41) is 0.673. The Balaban J connectivity index is 2.56. The van der Waals surface area contributed by atoms with Gasteiger partial charge in [-0.25, -0.2) is 0 Å². The van der Waals surface area contributed by atoms with Crippen molar-refractivity contribution in [3.63, 3.8) is 0 Å². The SMILES string of the molecule is Cc1ccc(C(=O)c2c(C)cc(Cl)cc2C)c(C)c1. The quantitative estimate of drug-likeness (QED) is 0.718. The van der Waals surface area contributed by atoms with Crippen LogP contribution in [0.3, 0.4) is 0 Å². The van der Waals surface area contributed by atoms with E-state index in [4.69, 9.17) is 11.6 Å². The van der Waals surface area contributed by atoms with Gasteiger partial charge in [-0.2, -0.15) is 0 Å². The normalized spacial score (nSPS) is 10.6. The third-order valence-corrected chi connectivity index (χ3v) is 3.57. The first-order chi connectivity index (χ1) is 8.90. The van der Waals surface area contributed by atoms with E-state index in [0.717, 1.165) is 27.8 Å². The molecule has 2 rings (SSSR count). The molecule has 2 aromatic rings. The van der Waals surface area contributed by atoms with Gasteiger partial charge in [0.2, 0.25) is 0 Å². The van der Waals surface area contributed by atoms with Crippen molar-refractivity contribution < 1.29 is 4.79 Å². The van der Waals surface area contributed by atoms with E-state index in [1.54, 1.807) is 0 Å². The van der Waals surface area contributed by atoms with Gasteiger partial charge in [0, 0.05) is 16.1 Å². The van der Waals surface area contributed by atoms with E-state index in [1.165, 1.54) is 5.56 Å². The molecule has 0 amide bonds. The predicted octanol–water partition coefficient (Wildman–Crippen LogP) is 4.80. The number of rotatable bonds is 2. The molecule has 0 radical (unpaired) electrons. The lowest BCUT2D eigenvalue weighted by Crippen LogP contribution is -2.08. The molecule has 0 saturated carbocycles. The van der Waals surface area contributed by atoms with Crippen LogP contribution in [0.1, 0.15) is 38.2 Å². The van der Waals surface area contributed by atoms with Gasteiger partial charge in [-0.3, -0.25) is 4.79 Å². The number of hydrogen-bond donors (Lipinski definition) is 0. The van der Waals surface area contributed by atoms with E-state index in [0.29, 0.717) is 5.02 Å². The summed E-state index contributed by atoms with van der Waals surface area (Å²) in [5.74, 6) is 0.0733. The molecule has 0 heterocycles. The highest BCUT2D eigenvalue weighted by molar-refractivity contribution is 6.31. The second kappa shape index (κ2) is 5.18. The molecule has 0 aliphatic heterocycles. The van der Waals surface area contributed by atoms with Crippen LogP contribution < -0.4 is 0 Å². The Labute approximate surface area is 119 Å². The molecule has 98 valence electrons. The Morgan fingerprint density at radius 1 is 0.895 bits per heavy atom. The summed E-state index contributed by atoms with van der Waals surface area (Å²) in [5.41, 5.74) is 5.55. The molecule has 1 nitrogen and oxygen atoms in total. The number of halogens is 1. The van der Waals surface area contributed by atoms with Crippen LogP contribution in [0.2, 0.25) is 5.02 Å². The van der Waals surface area contributed by atoms with Gasteiger partial charge in [-0.05, 0) is 56.5 Å². The zero-order chi connectivity index (χ0) is 14.2. The topological polar surface area (TPSA) is 17.1 Å². The Bertz CT molecular complexity index is 633. The molecule has 0 bridgehead atoms. The average Bonchev–Trinajstić information content (AvgIpc) is 2.26. The van der Waals surface area contributed by atoms with Gasteiger partial charge in [0.1, 0.15) is 0 Å². The van der Waals surface area contributed by atoms with Gasteiger partial charge in [0.05, 0.1) is 0 Å². The molecular weight excluding hydrogens is 256 g/mol. The van der Waals surface area contributed by atoms with E-state index in [-0.39, 0.29) is 5.78 Å². The van der Waals surface area contributed by atoms with Crippen LogP contribution in [0, 0.1) is 27.7 Å². The first-order valence-electron chi connectivity index (χ1n) is 6.29. The van der Waals surface area contributed by atoms with E-state index in [1.807, 2.05) is 58.0 Å². The lowest BCUT2D eigenvalue weighted by molar-refractivity contribution is 0.103. The van der Waals surface area contributed by atoms with Crippen LogP contribution >= 0.6 is 11.6 Å². The largest absolute Gasteiger partial charge is 0.289 e. The van der Waals surface area contributed by atoms with Crippen molar-refractivity contribution in [1.82, 2.24) is 0 Å². The third kappa shape index (κ3) is 2.71. The lowest BCUT2D eigenvalue weighted by atomic mass is 9.92. The van der Waals surface area contributed by atoms with Crippen molar-refractivity contribution in [1.29, 1.82) is 0 Å². The fraction of sp³-hybridized carbons (Fsp3) is 0.235. The van der Waals surface area contributed by atoms with Crippen molar-refractivity contribution in [2.75, 3.05) is 0 Å². The number of ketones is 1. The van der Waals surface area contributed by atoms with Gasteiger partial charge in [0.15, 0.2) is 5.78 Å². The molecule has 0 spiro atoms. The lowest BCUT2D eigenvalue weighted by Gasteiger charge is -2.12. The van der Waals surface area contributed by atoms with Crippen LogP contribution in [0.5, 0.6) is 0 Å². The van der Waals surface area contributed by atoms with Crippen molar-refractivity contribution >= 4 is 17.4 Å². The first-order valence-corrected chi connectivity index (χ1v) is 6.66. The van der Waals surface area contributed by atoms with E-state index in [9.17, 15) is 4.79 Å². The molecule has 0 aromatic heterocycles. The van der Waals surface area contributed by atoms with Gasteiger partial charge >= 0.3 is 0 Å². The summed E-state index contributed by atoms with van der Waals surface area (Å²) < 4.78 is 0. The van der Waals surface area contributed by atoms with Crippen molar-refractivity contribution in [3.8, 4) is 0 Å². The molecule has 0 N–H and O–H groups in total. The second-order valence-electron chi connectivity index (χ2n) is 5.06. The van der Waals surface area contributed by atoms with Gasteiger partial charge in [0.25, 0.3) is 0 Å². The second-order valence-corrected chi connectivity index (χ2v) is 5.50.